The molecular formula is C13H16N2O. The van der Waals surface area contributed by atoms with Crippen molar-refractivity contribution in [2.24, 2.45) is 0 Å². The molecule has 0 aromatic heterocycles. The number of benzene rings is 1. The largest absolute Gasteiger partial charge is 0.394 e. The third-order valence-corrected chi connectivity index (χ3v) is 3.21. The molecule has 16 heavy (non-hydrogen) atoms. The highest BCUT2D eigenvalue weighted by molar-refractivity contribution is 5.32. The van der Waals surface area contributed by atoms with Crippen molar-refractivity contribution in [3.05, 3.63) is 35.4 Å². The molecule has 1 heterocycles. The van der Waals surface area contributed by atoms with Gasteiger partial charge in [-0.2, -0.15) is 5.26 Å². The van der Waals surface area contributed by atoms with E-state index in [-0.39, 0.29) is 12.6 Å². The fourth-order valence-corrected chi connectivity index (χ4v) is 2.38. The standard InChI is InChI=1S/C13H16N2O/c14-7-3-8-15-9-6-11-4-1-2-5-12(11)13(15)10-16/h1-2,4-5,13,16H,3,6,8-10H2. The zero-order valence-corrected chi connectivity index (χ0v) is 9.26. The van der Waals surface area contributed by atoms with Crippen LogP contribution in [0.3, 0.4) is 0 Å². The van der Waals surface area contributed by atoms with E-state index in [1.54, 1.807) is 0 Å². The summed E-state index contributed by atoms with van der Waals surface area (Å²) in [6, 6.07) is 10.5. The maximum Gasteiger partial charge on any atom is 0.0635 e. The van der Waals surface area contributed by atoms with E-state index < -0.39 is 0 Å². The first-order chi connectivity index (χ1) is 7.86. The summed E-state index contributed by atoms with van der Waals surface area (Å²) >= 11 is 0. The lowest BCUT2D eigenvalue weighted by molar-refractivity contribution is 0.116. The third kappa shape index (κ3) is 2.08. The van der Waals surface area contributed by atoms with Gasteiger partial charge in [-0.05, 0) is 17.5 Å². The van der Waals surface area contributed by atoms with Crippen LogP contribution in [-0.2, 0) is 6.42 Å². The predicted molar refractivity (Wildman–Crippen MR) is 61.8 cm³/mol. The van der Waals surface area contributed by atoms with E-state index in [4.69, 9.17) is 5.26 Å². The Labute approximate surface area is 95.9 Å². The Kier molecular flexibility index (Phi) is 3.55. The first-order valence-electron chi connectivity index (χ1n) is 5.66. The van der Waals surface area contributed by atoms with Crippen LogP contribution in [0.2, 0.25) is 0 Å². The minimum Gasteiger partial charge on any atom is -0.394 e. The Bertz CT molecular complexity index is 397. The monoisotopic (exact) mass is 216 g/mol. The molecule has 3 heteroatoms. The van der Waals surface area contributed by atoms with E-state index in [0.717, 1.165) is 19.5 Å². The van der Waals surface area contributed by atoms with Crippen molar-refractivity contribution in [2.75, 3.05) is 19.7 Å². The van der Waals surface area contributed by atoms with Crippen LogP contribution < -0.4 is 0 Å². The molecule has 1 aliphatic heterocycles. The van der Waals surface area contributed by atoms with Gasteiger partial charge in [0.15, 0.2) is 0 Å². The molecule has 84 valence electrons. The van der Waals surface area contributed by atoms with Gasteiger partial charge in [-0.1, -0.05) is 24.3 Å². The molecule has 3 nitrogen and oxygen atoms in total. The Balaban J connectivity index is 2.20. The summed E-state index contributed by atoms with van der Waals surface area (Å²) in [6.45, 7) is 1.81. The Hall–Kier alpha value is -1.37. The lowest BCUT2D eigenvalue weighted by atomic mass is 9.93. The smallest absolute Gasteiger partial charge is 0.0635 e. The highest BCUT2D eigenvalue weighted by Gasteiger charge is 2.25. The molecule has 1 aromatic carbocycles. The number of hydrogen-bond acceptors (Lipinski definition) is 3. The van der Waals surface area contributed by atoms with Gasteiger partial charge >= 0.3 is 0 Å². The van der Waals surface area contributed by atoms with Gasteiger partial charge in [-0.15, -0.1) is 0 Å². The molecule has 1 aromatic rings. The molecule has 1 unspecified atom stereocenters. The number of aliphatic hydroxyl groups excluding tert-OH is 1. The Morgan fingerprint density at radius 1 is 1.44 bits per heavy atom. The lowest BCUT2D eigenvalue weighted by Crippen LogP contribution is -2.37. The van der Waals surface area contributed by atoms with Crippen LogP contribution in [-0.4, -0.2) is 29.7 Å². The molecule has 0 spiro atoms. The van der Waals surface area contributed by atoms with Gasteiger partial charge in [0.1, 0.15) is 0 Å². The van der Waals surface area contributed by atoms with Gasteiger partial charge < -0.3 is 5.11 Å². The highest BCUT2D eigenvalue weighted by Crippen LogP contribution is 2.28. The van der Waals surface area contributed by atoms with Gasteiger partial charge in [0, 0.05) is 19.5 Å². The van der Waals surface area contributed by atoms with Crippen molar-refractivity contribution < 1.29 is 5.11 Å². The van der Waals surface area contributed by atoms with Gasteiger partial charge in [0.05, 0.1) is 18.7 Å². The fraction of sp³-hybridized carbons (Fsp3) is 0.462. The maximum absolute atomic E-state index is 9.48. The zero-order valence-electron chi connectivity index (χ0n) is 9.26. The van der Waals surface area contributed by atoms with Crippen molar-refractivity contribution >= 4 is 0 Å². The van der Waals surface area contributed by atoms with E-state index in [2.05, 4.69) is 23.1 Å². The van der Waals surface area contributed by atoms with Crippen LogP contribution in [0.1, 0.15) is 23.6 Å². The number of nitriles is 1. The topological polar surface area (TPSA) is 47.3 Å². The van der Waals surface area contributed by atoms with Crippen LogP contribution in [0.4, 0.5) is 0 Å². The Morgan fingerprint density at radius 2 is 2.25 bits per heavy atom. The van der Waals surface area contributed by atoms with Gasteiger partial charge in [0.2, 0.25) is 0 Å². The molecular weight excluding hydrogens is 200 g/mol. The second-order valence-corrected chi connectivity index (χ2v) is 4.09. The molecule has 0 fully saturated rings. The average Bonchev–Trinajstić information content (AvgIpc) is 2.35. The predicted octanol–water partition coefficient (Wildman–Crippen LogP) is 1.49. The lowest BCUT2D eigenvalue weighted by Gasteiger charge is -2.35. The van der Waals surface area contributed by atoms with Crippen molar-refractivity contribution in [1.82, 2.24) is 4.90 Å². The summed E-state index contributed by atoms with van der Waals surface area (Å²) in [4.78, 5) is 2.20. The highest BCUT2D eigenvalue weighted by atomic mass is 16.3. The number of nitrogens with zero attached hydrogens (tertiary/aromatic N) is 2. The molecule has 0 saturated heterocycles. The molecule has 0 saturated carbocycles. The average molecular weight is 216 g/mol. The van der Waals surface area contributed by atoms with E-state index in [1.807, 2.05) is 12.1 Å². The van der Waals surface area contributed by atoms with E-state index in [0.29, 0.717) is 6.42 Å². The summed E-state index contributed by atoms with van der Waals surface area (Å²) in [5.41, 5.74) is 2.55. The summed E-state index contributed by atoms with van der Waals surface area (Å²) in [5, 5.41) is 18.1. The molecule has 0 bridgehead atoms. The molecule has 1 aliphatic rings. The van der Waals surface area contributed by atoms with E-state index >= 15 is 0 Å². The van der Waals surface area contributed by atoms with Crippen LogP contribution in [0.5, 0.6) is 0 Å². The number of hydrogen-bond donors (Lipinski definition) is 1. The first kappa shape index (κ1) is 11.1. The van der Waals surface area contributed by atoms with E-state index in [9.17, 15) is 5.11 Å². The number of fused-ring (bicyclic) bond motifs is 1. The van der Waals surface area contributed by atoms with Gasteiger partial charge in [-0.25, -0.2) is 0 Å². The van der Waals surface area contributed by atoms with Crippen molar-refractivity contribution in [1.29, 1.82) is 5.26 Å². The van der Waals surface area contributed by atoms with Crippen LogP contribution in [0.15, 0.2) is 24.3 Å². The van der Waals surface area contributed by atoms with Gasteiger partial charge in [-0.3, -0.25) is 4.90 Å². The first-order valence-corrected chi connectivity index (χ1v) is 5.66. The van der Waals surface area contributed by atoms with Crippen molar-refractivity contribution in [3.8, 4) is 6.07 Å². The molecule has 2 rings (SSSR count). The quantitative estimate of drug-likeness (QED) is 0.832. The fourth-order valence-electron chi connectivity index (χ4n) is 2.38. The summed E-state index contributed by atoms with van der Waals surface area (Å²) in [5.74, 6) is 0. The molecule has 0 radical (unpaired) electrons. The summed E-state index contributed by atoms with van der Waals surface area (Å²) in [7, 11) is 0. The number of aliphatic hydroxyl groups is 1. The zero-order chi connectivity index (χ0) is 11.4. The minimum atomic E-state index is 0.0679. The second-order valence-electron chi connectivity index (χ2n) is 4.09. The normalized spacial score (nSPS) is 20.1. The number of rotatable bonds is 3. The van der Waals surface area contributed by atoms with Crippen LogP contribution in [0.25, 0.3) is 0 Å². The van der Waals surface area contributed by atoms with Crippen molar-refractivity contribution in [3.63, 3.8) is 0 Å². The maximum atomic E-state index is 9.48. The SMILES string of the molecule is N#CCCN1CCc2ccccc2C1CO. The van der Waals surface area contributed by atoms with Gasteiger partial charge in [0.25, 0.3) is 0 Å². The third-order valence-electron chi connectivity index (χ3n) is 3.21. The van der Waals surface area contributed by atoms with Crippen LogP contribution in [0, 0.1) is 11.3 Å². The summed E-state index contributed by atoms with van der Waals surface area (Å²) < 4.78 is 0. The molecule has 0 aliphatic carbocycles. The molecule has 0 amide bonds. The van der Waals surface area contributed by atoms with Crippen molar-refractivity contribution in [2.45, 2.75) is 18.9 Å². The summed E-state index contributed by atoms with van der Waals surface area (Å²) in [6.07, 6.45) is 1.54. The van der Waals surface area contributed by atoms with Crippen LogP contribution >= 0.6 is 0 Å². The molecule has 1 atom stereocenters. The minimum absolute atomic E-state index is 0.0679. The van der Waals surface area contributed by atoms with E-state index in [1.165, 1.54) is 11.1 Å². The second kappa shape index (κ2) is 5.11. The molecule has 1 N–H and O–H groups in total. The Morgan fingerprint density at radius 3 is 3.00 bits per heavy atom.